The molecule has 0 N–H and O–H groups in total. The molecule has 2 nitrogen and oxygen atoms in total. The molecule has 24 heavy (non-hydrogen) atoms. The summed E-state index contributed by atoms with van der Waals surface area (Å²) in [7, 11) is 0. The summed E-state index contributed by atoms with van der Waals surface area (Å²) in [5.74, 6) is 1.65. The third kappa shape index (κ3) is 4.19. The van der Waals surface area contributed by atoms with E-state index in [1.54, 1.807) is 0 Å². The molecule has 0 saturated carbocycles. The van der Waals surface area contributed by atoms with E-state index < -0.39 is 6.41 Å². The quantitative estimate of drug-likeness (QED) is 0.462. The molecule has 3 aromatic rings. The molecule has 0 atom stereocenters. The van der Waals surface area contributed by atoms with Gasteiger partial charge in [0.25, 0.3) is 0 Å². The van der Waals surface area contributed by atoms with Crippen LogP contribution in [-0.2, 0) is 0 Å². The molecule has 124 valence electrons. The van der Waals surface area contributed by atoms with Gasteiger partial charge < -0.3 is 0 Å². The van der Waals surface area contributed by atoms with Crippen LogP contribution in [0.25, 0.3) is 0 Å². The van der Waals surface area contributed by atoms with Crippen LogP contribution in [0.1, 0.15) is 11.1 Å². The van der Waals surface area contributed by atoms with Gasteiger partial charge in [-0.3, -0.25) is 0 Å². The van der Waals surface area contributed by atoms with Crippen molar-refractivity contribution in [1.82, 2.24) is 0 Å². The van der Waals surface area contributed by atoms with Crippen LogP contribution in [0.2, 0.25) is 0 Å². The van der Waals surface area contributed by atoms with Crippen molar-refractivity contribution in [3.63, 3.8) is 0 Å². The van der Waals surface area contributed by atoms with Gasteiger partial charge in [0.05, 0.1) is 0 Å². The molecule has 0 spiro atoms. The first kappa shape index (κ1) is 17.0. The summed E-state index contributed by atoms with van der Waals surface area (Å²) in [4.78, 5) is 0. The van der Waals surface area contributed by atoms with Crippen molar-refractivity contribution in [2.75, 3.05) is 0 Å². The maximum absolute atomic E-state index is 6.37. The van der Waals surface area contributed by atoms with E-state index in [0.717, 1.165) is 16.8 Å². The van der Waals surface area contributed by atoms with Gasteiger partial charge in [-0.05, 0) is 0 Å². The molecule has 0 radical (unpaired) electrons. The predicted octanol–water partition coefficient (Wildman–Crippen LogP) is 4.48. The average Bonchev–Trinajstić information content (AvgIpc) is 2.60. The van der Waals surface area contributed by atoms with Crippen LogP contribution >= 0.6 is 6.41 Å². The van der Waals surface area contributed by atoms with Crippen molar-refractivity contribution in [2.45, 2.75) is 13.8 Å². The van der Waals surface area contributed by atoms with Crippen molar-refractivity contribution in [2.24, 2.45) is 0 Å². The van der Waals surface area contributed by atoms with Crippen LogP contribution in [0.15, 0.2) is 78.9 Å². The van der Waals surface area contributed by atoms with Crippen molar-refractivity contribution in [3.05, 3.63) is 90.0 Å². The Balaban J connectivity index is 1.94. The first-order valence-electron chi connectivity index (χ1n) is 7.84. The summed E-state index contributed by atoms with van der Waals surface area (Å²) in [6.45, 7) is 4.13. The molecule has 3 rings (SSSR count). The Morgan fingerprint density at radius 1 is 0.625 bits per heavy atom. The molecule has 0 amide bonds. The van der Waals surface area contributed by atoms with Gasteiger partial charge in [-0.2, -0.15) is 0 Å². The van der Waals surface area contributed by atoms with Gasteiger partial charge in [-0.1, -0.05) is 0 Å². The van der Waals surface area contributed by atoms with Gasteiger partial charge in [-0.15, -0.1) is 0 Å². The van der Waals surface area contributed by atoms with Crippen LogP contribution in [0.5, 0.6) is 11.5 Å². The summed E-state index contributed by atoms with van der Waals surface area (Å²) >= 11 is 2.66. The van der Waals surface area contributed by atoms with E-state index in [0.29, 0.717) is 0 Å². The van der Waals surface area contributed by atoms with Crippen LogP contribution < -0.4 is 14.4 Å². The summed E-state index contributed by atoms with van der Waals surface area (Å²) in [6, 6.07) is 26.3. The molecule has 0 aliphatic heterocycles. The Morgan fingerprint density at radius 3 is 1.46 bits per heavy atom. The first-order chi connectivity index (χ1) is 11.5. The monoisotopic (exact) mass is 404 g/mol. The van der Waals surface area contributed by atoms with Gasteiger partial charge in [-0.25, -0.2) is 0 Å². The zero-order chi connectivity index (χ0) is 17.0. The third-order valence-corrected chi connectivity index (χ3v) is 8.55. The Bertz CT molecular complexity index is 739. The molecule has 0 saturated heterocycles. The van der Waals surface area contributed by atoms with Crippen LogP contribution in [0.3, 0.4) is 0 Å². The normalized spacial score (nSPS) is 11.8. The molecule has 0 bridgehead atoms. The van der Waals surface area contributed by atoms with Crippen LogP contribution in [0, 0.1) is 13.8 Å². The second-order valence-corrected chi connectivity index (χ2v) is 11.6. The standard InChI is InChI=1S/C20H21O2PSe/c1-16-8-12-18(13-9-16)21-23(24,20-6-4-3-5-7-20)22-19-14-10-17(2)11-15-19/h3-15,23-24H,1-2H3. The molecule has 3 aromatic carbocycles. The van der Waals surface area contributed by atoms with Crippen molar-refractivity contribution in [1.29, 1.82) is 0 Å². The summed E-state index contributed by atoms with van der Waals surface area (Å²) in [6.07, 6.45) is -2.70. The molecule has 0 aromatic heterocycles. The minimum atomic E-state index is -2.70. The molecular weight excluding hydrogens is 382 g/mol. The fourth-order valence-electron chi connectivity index (χ4n) is 2.32. The Hall–Kier alpha value is -1.79. The average molecular weight is 403 g/mol. The van der Waals surface area contributed by atoms with Crippen molar-refractivity contribution < 1.29 is 9.05 Å². The molecule has 0 heterocycles. The van der Waals surface area contributed by atoms with Crippen LogP contribution in [0.4, 0.5) is 0 Å². The molecule has 0 aliphatic rings. The fourth-order valence-corrected chi connectivity index (χ4v) is 6.39. The van der Waals surface area contributed by atoms with E-state index in [-0.39, 0.29) is 0 Å². The van der Waals surface area contributed by atoms with Gasteiger partial charge in [0, 0.05) is 0 Å². The van der Waals surface area contributed by atoms with Crippen molar-refractivity contribution >= 4 is 27.3 Å². The second kappa shape index (κ2) is 7.40. The van der Waals surface area contributed by atoms with E-state index in [9.17, 15) is 0 Å². The van der Waals surface area contributed by atoms with E-state index in [4.69, 9.17) is 9.05 Å². The SMILES string of the molecule is Cc1ccc(O[PH]([SeH])(Oc2ccc(C)cc2)c2ccccc2)cc1. The zero-order valence-electron chi connectivity index (χ0n) is 13.8. The number of hydrogen-bond donors (Lipinski definition) is 0. The predicted molar refractivity (Wildman–Crippen MR) is 105 cm³/mol. The first-order valence-corrected chi connectivity index (χ1v) is 12.4. The summed E-state index contributed by atoms with van der Waals surface area (Å²) in [5.41, 5.74) is 2.42. The van der Waals surface area contributed by atoms with Gasteiger partial charge in [0.2, 0.25) is 0 Å². The molecular formula is C20H21O2PSe. The van der Waals surface area contributed by atoms with Gasteiger partial charge in [0.1, 0.15) is 0 Å². The number of aryl methyl sites for hydroxylation is 2. The fraction of sp³-hybridized carbons (Fsp3) is 0.100. The molecule has 0 unspecified atom stereocenters. The van der Waals surface area contributed by atoms with Gasteiger partial charge in [0.15, 0.2) is 0 Å². The number of rotatable bonds is 5. The van der Waals surface area contributed by atoms with E-state index >= 15 is 0 Å². The Morgan fingerprint density at radius 2 is 1.04 bits per heavy atom. The summed E-state index contributed by atoms with van der Waals surface area (Å²) < 4.78 is 12.7. The minimum absolute atomic E-state index is 0.823. The van der Waals surface area contributed by atoms with Crippen molar-refractivity contribution in [3.8, 4) is 11.5 Å². The molecule has 0 fully saturated rings. The molecule has 0 aliphatic carbocycles. The topological polar surface area (TPSA) is 18.5 Å². The Labute approximate surface area is 151 Å². The number of hydrogen-bond acceptors (Lipinski definition) is 2. The van der Waals surface area contributed by atoms with E-state index in [1.165, 1.54) is 11.1 Å². The summed E-state index contributed by atoms with van der Waals surface area (Å²) in [5, 5.41) is 1.08. The van der Waals surface area contributed by atoms with E-state index in [1.807, 2.05) is 66.7 Å². The second-order valence-electron chi connectivity index (χ2n) is 5.78. The zero-order valence-corrected chi connectivity index (χ0v) is 16.6. The maximum atomic E-state index is 6.37. The third-order valence-electron chi connectivity index (χ3n) is 3.69. The van der Waals surface area contributed by atoms with Gasteiger partial charge >= 0.3 is 152 Å². The van der Waals surface area contributed by atoms with E-state index in [2.05, 4.69) is 41.6 Å². The Kier molecular flexibility index (Phi) is 5.26. The molecule has 4 heteroatoms. The number of benzene rings is 3. The van der Waals surface area contributed by atoms with Crippen LogP contribution in [-0.4, -0.2) is 15.6 Å².